The Morgan fingerprint density at radius 2 is 1.42 bits per heavy atom. The predicted octanol–water partition coefficient (Wildman–Crippen LogP) is 5.74. The van der Waals surface area contributed by atoms with E-state index in [-0.39, 0.29) is 29.2 Å². The number of ketones is 1. The summed E-state index contributed by atoms with van der Waals surface area (Å²) in [6.45, 7) is 1.75. The van der Waals surface area contributed by atoms with Gasteiger partial charge in [0.05, 0.1) is 6.04 Å². The van der Waals surface area contributed by atoms with Crippen LogP contribution < -0.4 is 0 Å². The minimum atomic E-state index is -0.159. The van der Waals surface area contributed by atoms with Crippen LogP contribution in [0.4, 0.5) is 0 Å². The van der Waals surface area contributed by atoms with Gasteiger partial charge in [0, 0.05) is 5.92 Å². The number of rotatable bonds is 7. The van der Waals surface area contributed by atoms with Gasteiger partial charge in [-0.3, -0.25) is 9.69 Å². The molecular weight excluding hydrogens is 410 g/mol. The maximum atomic E-state index is 12.7. The molecular formula is C29H29NO3. The maximum Gasteiger partial charge on any atom is 0.158 e. The largest absolute Gasteiger partial charge is 0.504 e. The molecule has 0 spiro atoms. The summed E-state index contributed by atoms with van der Waals surface area (Å²) in [5, 5.41) is 18.9. The van der Waals surface area contributed by atoms with E-state index in [0.717, 1.165) is 31.5 Å². The van der Waals surface area contributed by atoms with E-state index in [9.17, 15) is 15.0 Å². The van der Waals surface area contributed by atoms with Crippen molar-refractivity contribution in [2.24, 2.45) is 5.92 Å². The molecule has 0 atom stereocenters. The van der Waals surface area contributed by atoms with E-state index >= 15 is 0 Å². The summed E-state index contributed by atoms with van der Waals surface area (Å²) in [6.07, 6.45) is 8.64. The third-order valence-electron chi connectivity index (χ3n) is 6.19. The smallest absolute Gasteiger partial charge is 0.158 e. The third-order valence-corrected chi connectivity index (χ3v) is 6.19. The van der Waals surface area contributed by atoms with Crippen LogP contribution in [0.5, 0.6) is 11.5 Å². The Morgan fingerprint density at radius 1 is 0.818 bits per heavy atom. The van der Waals surface area contributed by atoms with Crippen molar-refractivity contribution >= 4 is 11.9 Å². The Morgan fingerprint density at radius 3 is 2.00 bits per heavy atom. The van der Waals surface area contributed by atoms with Gasteiger partial charge in [0.2, 0.25) is 0 Å². The van der Waals surface area contributed by atoms with Crippen molar-refractivity contribution < 1.29 is 15.0 Å². The van der Waals surface area contributed by atoms with E-state index < -0.39 is 0 Å². The van der Waals surface area contributed by atoms with E-state index in [1.165, 1.54) is 23.3 Å². The SMILES string of the molecule is O=C(C=CC=Cc1ccc(O)c(O)c1)C1CCN(C(c2ccccc2)c2ccccc2)CC1. The molecule has 2 N–H and O–H groups in total. The maximum absolute atomic E-state index is 12.7. The molecule has 0 saturated carbocycles. The first-order chi connectivity index (χ1) is 16.1. The average molecular weight is 440 g/mol. The van der Waals surface area contributed by atoms with Gasteiger partial charge >= 0.3 is 0 Å². The lowest BCUT2D eigenvalue weighted by molar-refractivity contribution is -0.119. The summed E-state index contributed by atoms with van der Waals surface area (Å²) < 4.78 is 0. The number of nitrogens with zero attached hydrogens (tertiary/aromatic N) is 1. The first-order valence-electron chi connectivity index (χ1n) is 11.4. The van der Waals surface area contributed by atoms with Crippen LogP contribution in [0, 0.1) is 5.92 Å². The van der Waals surface area contributed by atoms with Crippen LogP contribution in [0.1, 0.15) is 35.6 Å². The fourth-order valence-electron chi connectivity index (χ4n) is 4.42. The molecule has 0 radical (unpaired) electrons. The Bertz CT molecular complexity index is 1070. The monoisotopic (exact) mass is 439 g/mol. The highest BCUT2D eigenvalue weighted by Crippen LogP contribution is 2.32. The van der Waals surface area contributed by atoms with Crippen molar-refractivity contribution in [3.63, 3.8) is 0 Å². The first kappa shape index (κ1) is 22.6. The molecule has 1 fully saturated rings. The van der Waals surface area contributed by atoms with E-state index in [1.807, 2.05) is 12.1 Å². The summed E-state index contributed by atoms with van der Waals surface area (Å²) in [5.74, 6) is -0.112. The van der Waals surface area contributed by atoms with Gasteiger partial charge in [-0.15, -0.1) is 0 Å². The zero-order chi connectivity index (χ0) is 23.0. The number of piperidine rings is 1. The van der Waals surface area contributed by atoms with Gasteiger partial charge in [0.25, 0.3) is 0 Å². The Hall–Kier alpha value is -3.63. The van der Waals surface area contributed by atoms with Crippen LogP contribution in [0.15, 0.2) is 97.1 Å². The van der Waals surface area contributed by atoms with Crippen LogP contribution in [0.2, 0.25) is 0 Å². The van der Waals surface area contributed by atoms with Crippen molar-refractivity contribution in [3.05, 3.63) is 114 Å². The van der Waals surface area contributed by atoms with Crippen molar-refractivity contribution in [1.82, 2.24) is 4.90 Å². The molecule has 0 aliphatic carbocycles. The number of aromatic hydroxyl groups is 2. The van der Waals surface area contributed by atoms with E-state index in [1.54, 1.807) is 30.4 Å². The van der Waals surface area contributed by atoms with Gasteiger partial charge in [-0.2, -0.15) is 0 Å². The lowest BCUT2D eigenvalue weighted by atomic mass is 9.89. The minimum Gasteiger partial charge on any atom is -0.504 e. The minimum absolute atomic E-state index is 0.0378. The molecule has 4 nitrogen and oxygen atoms in total. The summed E-state index contributed by atoms with van der Waals surface area (Å²) >= 11 is 0. The number of allylic oxidation sites excluding steroid dienone is 3. The normalized spacial score (nSPS) is 15.5. The zero-order valence-corrected chi connectivity index (χ0v) is 18.5. The van der Waals surface area contributed by atoms with Crippen LogP contribution >= 0.6 is 0 Å². The molecule has 1 aliphatic heterocycles. The van der Waals surface area contributed by atoms with Crippen molar-refractivity contribution in [3.8, 4) is 11.5 Å². The van der Waals surface area contributed by atoms with Gasteiger partial charge in [-0.25, -0.2) is 0 Å². The van der Waals surface area contributed by atoms with Crippen LogP contribution in [0.3, 0.4) is 0 Å². The lowest BCUT2D eigenvalue weighted by Crippen LogP contribution is -2.39. The highest BCUT2D eigenvalue weighted by molar-refractivity contribution is 5.92. The summed E-state index contributed by atoms with van der Waals surface area (Å²) in [7, 11) is 0. The number of hydrogen-bond acceptors (Lipinski definition) is 4. The van der Waals surface area contributed by atoms with Crippen molar-refractivity contribution in [2.45, 2.75) is 18.9 Å². The third kappa shape index (κ3) is 5.79. The molecule has 3 aromatic rings. The molecule has 4 heteroatoms. The number of carbonyl (C=O) groups is 1. The fraction of sp³-hybridized carbons (Fsp3) is 0.207. The van der Waals surface area contributed by atoms with Crippen LogP contribution in [-0.4, -0.2) is 34.0 Å². The Kier molecular flexibility index (Phi) is 7.38. The summed E-state index contributed by atoms with van der Waals surface area (Å²) in [4.78, 5) is 15.2. The van der Waals surface area contributed by atoms with Crippen molar-refractivity contribution in [2.75, 3.05) is 13.1 Å². The number of hydrogen-bond donors (Lipinski definition) is 2. The summed E-state index contributed by atoms with van der Waals surface area (Å²) in [5.41, 5.74) is 3.31. The number of phenolic OH excluding ortho intramolecular Hbond substituents is 2. The topological polar surface area (TPSA) is 60.8 Å². The second-order valence-electron chi connectivity index (χ2n) is 8.40. The molecule has 0 aromatic heterocycles. The number of benzene rings is 3. The quantitative estimate of drug-likeness (QED) is 0.280. The Labute approximate surface area is 195 Å². The van der Waals surface area contributed by atoms with Gasteiger partial charge in [-0.05, 0) is 60.8 Å². The number of carbonyl (C=O) groups excluding carboxylic acids is 1. The zero-order valence-electron chi connectivity index (χ0n) is 18.5. The van der Waals surface area contributed by atoms with Gasteiger partial charge in [0.1, 0.15) is 0 Å². The Balaban J connectivity index is 1.37. The average Bonchev–Trinajstić information content (AvgIpc) is 2.86. The molecule has 4 rings (SSSR count). The number of phenols is 2. The van der Waals surface area contributed by atoms with Crippen LogP contribution in [0.25, 0.3) is 6.08 Å². The molecule has 0 amide bonds. The van der Waals surface area contributed by atoms with E-state index in [4.69, 9.17) is 0 Å². The van der Waals surface area contributed by atoms with E-state index in [0.29, 0.717) is 0 Å². The molecule has 1 aliphatic rings. The summed E-state index contributed by atoms with van der Waals surface area (Å²) in [6, 6.07) is 25.9. The fourth-order valence-corrected chi connectivity index (χ4v) is 4.42. The van der Waals surface area contributed by atoms with Gasteiger partial charge < -0.3 is 10.2 Å². The second kappa shape index (κ2) is 10.8. The highest BCUT2D eigenvalue weighted by atomic mass is 16.3. The molecule has 3 aromatic carbocycles. The molecule has 1 saturated heterocycles. The van der Waals surface area contributed by atoms with E-state index in [2.05, 4.69) is 53.4 Å². The van der Waals surface area contributed by atoms with Gasteiger partial charge in [-0.1, -0.05) is 85.0 Å². The second-order valence-corrected chi connectivity index (χ2v) is 8.40. The number of likely N-dealkylation sites (tertiary alicyclic amines) is 1. The predicted molar refractivity (Wildman–Crippen MR) is 132 cm³/mol. The van der Waals surface area contributed by atoms with Crippen molar-refractivity contribution in [1.29, 1.82) is 0 Å². The molecule has 0 unspecified atom stereocenters. The standard InChI is InChI=1S/C29H29NO3/c31-26(14-8-7-9-22-15-16-27(32)28(33)21-22)23-17-19-30(20-18-23)29(24-10-3-1-4-11-24)25-12-5-2-6-13-25/h1-16,21,23,29,32-33H,17-20H2. The van der Waals surface area contributed by atoms with Crippen LogP contribution in [-0.2, 0) is 4.79 Å². The first-order valence-corrected chi connectivity index (χ1v) is 11.4. The molecule has 0 bridgehead atoms. The molecule has 1 heterocycles. The molecule has 168 valence electrons. The highest BCUT2D eigenvalue weighted by Gasteiger charge is 2.29. The lowest BCUT2D eigenvalue weighted by Gasteiger charge is -2.37. The van der Waals surface area contributed by atoms with Gasteiger partial charge in [0.15, 0.2) is 17.3 Å². The molecule has 33 heavy (non-hydrogen) atoms.